The summed E-state index contributed by atoms with van der Waals surface area (Å²) in [6.45, 7) is 10.4. The molecule has 0 radical (unpaired) electrons. The van der Waals surface area contributed by atoms with E-state index in [-0.39, 0.29) is 0 Å². The van der Waals surface area contributed by atoms with E-state index in [0.717, 1.165) is 12.6 Å². The van der Waals surface area contributed by atoms with Crippen molar-refractivity contribution >= 4 is 0 Å². The zero-order valence-electron chi connectivity index (χ0n) is 9.34. The maximum absolute atomic E-state index is 3.46. The Balaban J connectivity index is 2.37. The van der Waals surface area contributed by atoms with Crippen LogP contribution in [-0.2, 0) is 0 Å². The van der Waals surface area contributed by atoms with Gasteiger partial charge in [0.25, 0.3) is 0 Å². The van der Waals surface area contributed by atoms with E-state index >= 15 is 0 Å². The fourth-order valence-electron chi connectivity index (χ4n) is 2.23. The van der Waals surface area contributed by atoms with Crippen molar-refractivity contribution in [3.8, 4) is 0 Å². The normalized spacial score (nSPS) is 25.4. The van der Waals surface area contributed by atoms with Gasteiger partial charge in [0.2, 0.25) is 0 Å². The number of nitrogens with zero attached hydrogens (tertiary/aromatic N) is 1. The first kappa shape index (κ1) is 11.0. The number of nitrogens with one attached hydrogen (secondary N) is 1. The van der Waals surface area contributed by atoms with Gasteiger partial charge in [0.15, 0.2) is 0 Å². The van der Waals surface area contributed by atoms with Crippen LogP contribution in [0.5, 0.6) is 0 Å². The largest absolute Gasteiger partial charge is 0.315 e. The highest BCUT2D eigenvalue weighted by atomic mass is 15.2. The summed E-state index contributed by atoms with van der Waals surface area (Å²) in [6, 6.07) is 1.50. The highest BCUT2D eigenvalue weighted by molar-refractivity contribution is 4.80. The van der Waals surface area contributed by atoms with E-state index in [4.69, 9.17) is 0 Å². The summed E-state index contributed by atoms with van der Waals surface area (Å²) < 4.78 is 0. The summed E-state index contributed by atoms with van der Waals surface area (Å²) in [5, 5.41) is 3.46. The molecule has 0 amide bonds. The highest BCUT2D eigenvalue weighted by Gasteiger charge is 2.23. The molecule has 0 saturated carbocycles. The van der Waals surface area contributed by atoms with Gasteiger partial charge < -0.3 is 5.32 Å². The van der Waals surface area contributed by atoms with Crippen molar-refractivity contribution in [3.63, 3.8) is 0 Å². The lowest BCUT2D eigenvalue weighted by Gasteiger charge is -2.38. The SMILES string of the molecule is CCNC[C@H]1CCCCN1C(C)C. The Morgan fingerprint density at radius 2 is 2.15 bits per heavy atom. The summed E-state index contributed by atoms with van der Waals surface area (Å²) >= 11 is 0. The van der Waals surface area contributed by atoms with E-state index in [1.54, 1.807) is 0 Å². The Labute approximate surface area is 82.7 Å². The molecule has 1 saturated heterocycles. The van der Waals surface area contributed by atoms with Crippen LogP contribution in [0.4, 0.5) is 0 Å². The summed E-state index contributed by atoms with van der Waals surface area (Å²) in [7, 11) is 0. The minimum atomic E-state index is 0.712. The smallest absolute Gasteiger partial charge is 0.0223 e. The Morgan fingerprint density at radius 1 is 1.38 bits per heavy atom. The Bertz CT molecular complexity index is 134. The molecule has 1 N–H and O–H groups in total. The molecule has 1 heterocycles. The molecule has 1 aliphatic heterocycles. The lowest BCUT2D eigenvalue weighted by Crippen LogP contribution is -2.48. The van der Waals surface area contributed by atoms with E-state index in [1.807, 2.05) is 0 Å². The lowest BCUT2D eigenvalue weighted by molar-refractivity contribution is 0.111. The molecule has 13 heavy (non-hydrogen) atoms. The van der Waals surface area contributed by atoms with Crippen molar-refractivity contribution in [1.29, 1.82) is 0 Å². The van der Waals surface area contributed by atoms with Crippen molar-refractivity contribution in [3.05, 3.63) is 0 Å². The van der Waals surface area contributed by atoms with E-state index in [1.165, 1.54) is 32.4 Å². The van der Waals surface area contributed by atoms with Gasteiger partial charge in [-0.1, -0.05) is 13.3 Å². The number of hydrogen-bond acceptors (Lipinski definition) is 2. The zero-order chi connectivity index (χ0) is 9.68. The molecule has 2 nitrogen and oxygen atoms in total. The average Bonchev–Trinajstić information content (AvgIpc) is 2.15. The molecule has 2 heteroatoms. The molecule has 0 spiro atoms. The lowest BCUT2D eigenvalue weighted by atomic mass is 10.0. The predicted octanol–water partition coefficient (Wildman–Crippen LogP) is 1.86. The van der Waals surface area contributed by atoms with Gasteiger partial charge in [-0.15, -0.1) is 0 Å². The minimum Gasteiger partial charge on any atom is -0.315 e. The maximum atomic E-state index is 3.46. The van der Waals surface area contributed by atoms with Crippen molar-refractivity contribution < 1.29 is 0 Å². The first-order chi connectivity index (χ1) is 6.25. The highest BCUT2D eigenvalue weighted by Crippen LogP contribution is 2.18. The van der Waals surface area contributed by atoms with Gasteiger partial charge in [-0.25, -0.2) is 0 Å². The third-order valence-electron chi connectivity index (χ3n) is 2.97. The van der Waals surface area contributed by atoms with Crippen LogP contribution in [0.1, 0.15) is 40.0 Å². The van der Waals surface area contributed by atoms with Crippen LogP contribution in [0.2, 0.25) is 0 Å². The van der Waals surface area contributed by atoms with Crippen molar-refractivity contribution in [2.75, 3.05) is 19.6 Å². The third-order valence-corrected chi connectivity index (χ3v) is 2.97. The number of hydrogen-bond donors (Lipinski definition) is 1. The molecular formula is C11H24N2. The third kappa shape index (κ3) is 3.28. The van der Waals surface area contributed by atoms with E-state index in [9.17, 15) is 0 Å². The van der Waals surface area contributed by atoms with Gasteiger partial charge >= 0.3 is 0 Å². The minimum absolute atomic E-state index is 0.712. The van der Waals surface area contributed by atoms with Crippen molar-refractivity contribution in [1.82, 2.24) is 10.2 Å². The predicted molar refractivity (Wildman–Crippen MR) is 58.0 cm³/mol. The monoisotopic (exact) mass is 184 g/mol. The Hall–Kier alpha value is -0.0800. The molecular weight excluding hydrogens is 160 g/mol. The Morgan fingerprint density at radius 3 is 2.77 bits per heavy atom. The second kappa shape index (κ2) is 5.61. The molecule has 0 unspecified atom stereocenters. The molecule has 0 aliphatic carbocycles. The molecule has 1 atom stereocenters. The second-order valence-electron chi connectivity index (χ2n) is 4.29. The van der Waals surface area contributed by atoms with Gasteiger partial charge in [0, 0.05) is 18.6 Å². The molecule has 0 aromatic rings. The topological polar surface area (TPSA) is 15.3 Å². The summed E-state index contributed by atoms with van der Waals surface area (Å²) in [5.74, 6) is 0. The number of rotatable bonds is 4. The van der Waals surface area contributed by atoms with Gasteiger partial charge in [0.05, 0.1) is 0 Å². The first-order valence-electron chi connectivity index (χ1n) is 5.72. The average molecular weight is 184 g/mol. The second-order valence-corrected chi connectivity index (χ2v) is 4.29. The number of piperidine rings is 1. The molecule has 1 rings (SSSR count). The van der Waals surface area contributed by atoms with Crippen LogP contribution < -0.4 is 5.32 Å². The van der Waals surface area contributed by atoms with Crippen molar-refractivity contribution in [2.45, 2.75) is 52.1 Å². The van der Waals surface area contributed by atoms with Gasteiger partial charge in [0.1, 0.15) is 0 Å². The molecule has 1 fully saturated rings. The van der Waals surface area contributed by atoms with Crippen LogP contribution in [0.25, 0.3) is 0 Å². The van der Waals surface area contributed by atoms with Crippen LogP contribution in [-0.4, -0.2) is 36.6 Å². The molecule has 78 valence electrons. The fourth-order valence-corrected chi connectivity index (χ4v) is 2.23. The zero-order valence-corrected chi connectivity index (χ0v) is 9.34. The van der Waals surface area contributed by atoms with Crippen LogP contribution in [0, 0.1) is 0 Å². The van der Waals surface area contributed by atoms with Crippen LogP contribution in [0.15, 0.2) is 0 Å². The fraction of sp³-hybridized carbons (Fsp3) is 1.00. The van der Waals surface area contributed by atoms with E-state index in [0.29, 0.717) is 6.04 Å². The standard InChI is InChI=1S/C11H24N2/c1-4-12-9-11-7-5-6-8-13(11)10(2)3/h10-12H,4-9H2,1-3H3/t11-/m1/s1. The van der Waals surface area contributed by atoms with Crippen molar-refractivity contribution in [2.24, 2.45) is 0 Å². The number of likely N-dealkylation sites (N-methyl/N-ethyl adjacent to an activating group) is 1. The summed E-state index contributed by atoms with van der Waals surface area (Å²) in [6.07, 6.45) is 4.19. The van der Waals surface area contributed by atoms with Gasteiger partial charge in [-0.05, 0) is 39.8 Å². The van der Waals surface area contributed by atoms with Gasteiger partial charge in [-0.2, -0.15) is 0 Å². The quantitative estimate of drug-likeness (QED) is 0.717. The van der Waals surface area contributed by atoms with Gasteiger partial charge in [-0.3, -0.25) is 4.90 Å². The van der Waals surface area contributed by atoms with Crippen LogP contribution in [0.3, 0.4) is 0 Å². The van der Waals surface area contributed by atoms with Crippen LogP contribution >= 0.6 is 0 Å². The number of likely N-dealkylation sites (tertiary alicyclic amines) is 1. The Kier molecular flexibility index (Phi) is 4.74. The maximum Gasteiger partial charge on any atom is 0.0223 e. The van der Waals surface area contributed by atoms with E-state index in [2.05, 4.69) is 31.0 Å². The first-order valence-corrected chi connectivity index (χ1v) is 5.72. The van der Waals surface area contributed by atoms with E-state index < -0.39 is 0 Å². The summed E-state index contributed by atoms with van der Waals surface area (Å²) in [4.78, 5) is 2.64. The molecule has 0 aromatic heterocycles. The molecule has 0 bridgehead atoms. The molecule has 1 aliphatic rings. The molecule has 0 aromatic carbocycles. The summed E-state index contributed by atoms with van der Waals surface area (Å²) in [5.41, 5.74) is 0.